The normalized spacial score (nSPS) is 13.6. The lowest BCUT2D eigenvalue weighted by Crippen LogP contribution is -2.07. The minimum absolute atomic E-state index is 0.0541. The molecule has 0 spiro atoms. The number of hydrogen-bond donors (Lipinski definition) is 0. The summed E-state index contributed by atoms with van der Waals surface area (Å²) in [6, 6.07) is 45.6. The van der Waals surface area contributed by atoms with Crippen LogP contribution in [0, 0.1) is 0 Å². The minimum atomic E-state index is -0.308. The van der Waals surface area contributed by atoms with E-state index in [0.29, 0.717) is 34.0 Å². The molecular weight excluding hydrogens is 683 g/mol. The highest BCUT2D eigenvalue weighted by molar-refractivity contribution is 6.23. The van der Waals surface area contributed by atoms with Crippen molar-refractivity contribution >= 4 is 43.6 Å². The molecule has 0 aliphatic rings. The molecule has 0 unspecified atom stereocenters. The van der Waals surface area contributed by atoms with Crippen molar-refractivity contribution in [2.24, 2.45) is 0 Å². The maximum absolute atomic E-state index is 9.70. The highest BCUT2D eigenvalue weighted by Crippen LogP contribution is 2.42. The van der Waals surface area contributed by atoms with Gasteiger partial charge in [-0.15, -0.1) is 0 Å². The average molecular weight is 724 g/mol. The number of aromatic nitrogens is 5. The summed E-state index contributed by atoms with van der Waals surface area (Å²) < 4.78 is 77.8. The van der Waals surface area contributed by atoms with E-state index in [1.807, 2.05) is 115 Å². The maximum Gasteiger partial charge on any atom is 0.238 e. The van der Waals surface area contributed by atoms with Crippen LogP contribution >= 0.6 is 0 Å². The molecule has 0 aliphatic heterocycles. The van der Waals surface area contributed by atoms with E-state index >= 15 is 0 Å². The van der Waals surface area contributed by atoms with E-state index in [4.69, 9.17) is 17.7 Å². The molecule has 0 amide bonds. The summed E-state index contributed by atoms with van der Waals surface area (Å²) in [5.74, 6) is 0.694. The molecule has 8 aromatic carbocycles. The van der Waals surface area contributed by atoms with Crippen LogP contribution in [0.5, 0.6) is 0 Å². The minimum Gasteiger partial charge on any atom is -0.307 e. The van der Waals surface area contributed by atoms with Gasteiger partial charge in [-0.1, -0.05) is 170 Å². The number of benzene rings is 8. The first kappa shape index (κ1) is 24.6. The van der Waals surface area contributed by atoms with Crippen LogP contribution in [-0.2, 0) is 0 Å². The van der Waals surface area contributed by atoms with Crippen molar-refractivity contribution in [2.75, 3.05) is 0 Å². The molecule has 0 saturated heterocycles. The first-order valence-corrected chi connectivity index (χ1v) is 18.2. The summed E-state index contributed by atoms with van der Waals surface area (Å²) in [6.45, 7) is 0. The Labute approximate surface area is 334 Å². The Bertz CT molecular complexity index is 3650. The molecule has 0 aliphatic carbocycles. The Morgan fingerprint density at radius 3 is 1.41 bits per heavy atom. The largest absolute Gasteiger partial charge is 0.307 e. The third-order valence-corrected chi connectivity index (χ3v) is 10.1. The SMILES string of the molecule is [2H]c1cc([2H])c2c(c1[2H])c1c([2H])c([2H])c3c4c([2H])c([2H])cc([2H])c4n(-c4nc(-c5ccccc5)nc(-c5ccccc5)n4)c3c1n2-c1cccc(-c2cccc(-c3ccccc3)c2)c1. The molecule has 5 heteroatoms. The molecule has 3 heterocycles. The van der Waals surface area contributed by atoms with E-state index in [-0.39, 0.29) is 92.4 Å². The fourth-order valence-corrected chi connectivity index (χ4v) is 7.59. The van der Waals surface area contributed by atoms with Gasteiger partial charge in [0.2, 0.25) is 5.95 Å². The predicted molar refractivity (Wildman–Crippen MR) is 230 cm³/mol. The molecule has 11 rings (SSSR count). The van der Waals surface area contributed by atoms with Gasteiger partial charge in [0, 0.05) is 38.4 Å². The van der Waals surface area contributed by atoms with E-state index in [9.17, 15) is 8.22 Å². The van der Waals surface area contributed by atoms with E-state index < -0.39 is 0 Å². The van der Waals surface area contributed by atoms with E-state index in [1.165, 1.54) is 12.1 Å². The van der Waals surface area contributed by atoms with Crippen molar-refractivity contribution in [1.82, 2.24) is 24.1 Å². The van der Waals surface area contributed by atoms with Gasteiger partial charge in [-0.2, -0.15) is 9.97 Å². The van der Waals surface area contributed by atoms with Gasteiger partial charge in [-0.25, -0.2) is 4.98 Å². The van der Waals surface area contributed by atoms with Gasteiger partial charge < -0.3 is 4.57 Å². The fraction of sp³-hybridized carbons (Fsp3) is 0. The summed E-state index contributed by atoms with van der Waals surface area (Å²) in [4.78, 5) is 15.0. The number of para-hydroxylation sites is 2. The lowest BCUT2D eigenvalue weighted by Gasteiger charge is -2.14. The summed E-state index contributed by atoms with van der Waals surface area (Å²) >= 11 is 0. The Hall–Kier alpha value is -7.63. The van der Waals surface area contributed by atoms with Crippen LogP contribution in [0.3, 0.4) is 0 Å². The van der Waals surface area contributed by atoms with Gasteiger partial charge in [-0.05, 0) is 52.5 Å². The first-order valence-electron chi connectivity index (χ1n) is 22.2. The van der Waals surface area contributed by atoms with E-state index in [1.54, 1.807) is 9.13 Å². The zero-order valence-corrected chi connectivity index (χ0v) is 29.7. The standard InChI is InChI=1S/C51H33N5/c1-4-16-34(17-5-1)37-22-14-23-38(32-37)39-24-15-25-40(33-39)55-45-28-12-10-26-41(45)43-30-31-44-42-27-11-13-29-46(42)56(48(44)47(43)55)51-53-49(35-18-6-2-7-19-35)52-50(54-51)36-20-8-3-9-21-36/h1-33H/i10D,11D,26D,27D,28D,29D,30D,31D. The van der Waals surface area contributed by atoms with E-state index in [2.05, 4.69) is 24.3 Å². The summed E-state index contributed by atoms with van der Waals surface area (Å²) in [5.41, 5.74) is 6.70. The Morgan fingerprint density at radius 2 is 0.821 bits per heavy atom. The second-order valence-electron chi connectivity index (χ2n) is 13.4. The van der Waals surface area contributed by atoms with Crippen molar-refractivity contribution < 1.29 is 11.0 Å². The van der Waals surface area contributed by atoms with Crippen LogP contribution < -0.4 is 0 Å². The molecule has 0 N–H and O–H groups in total. The third kappa shape index (κ3) is 5.21. The van der Waals surface area contributed by atoms with Crippen LogP contribution in [0.1, 0.15) is 11.0 Å². The van der Waals surface area contributed by atoms with Crippen LogP contribution in [0.2, 0.25) is 0 Å². The van der Waals surface area contributed by atoms with E-state index in [0.717, 1.165) is 22.3 Å². The van der Waals surface area contributed by atoms with Crippen LogP contribution in [0.15, 0.2) is 200 Å². The maximum atomic E-state index is 9.70. The monoisotopic (exact) mass is 723 g/mol. The molecule has 0 fully saturated rings. The third-order valence-electron chi connectivity index (χ3n) is 10.1. The zero-order chi connectivity index (χ0) is 44.0. The predicted octanol–water partition coefficient (Wildman–Crippen LogP) is 12.7. The molecule has 0 radical (unpaired) electrons. The van der Waals surface area contributed by atoms with Gasteiger partial charge >= 0.3 is 0 Å². The number of nitrogens with zero attached hydrogens (tertiary/aromatic N) is 5. The quantitative estimate of drug-likeness (QED) is 0.172. The van der Waals surface area contributed by atoms with Gasteiger partial charge in [-0.3, -0.25) is 4.57 Å². The fourth-order valence-electron chi connectivity index (χ4n) is 7.59. The number of hydrogen-bond acceptors (Lipinski definition) is 3. The first-order chi connectivity index (χ1) is 31.1. The smallest absolute Gasteiger partial charge is 0.238 e. The summed E-state index contributed by atoms with van der Waals surface area (Å²) in [7, 11) is 0. The van der Waals surface area contributed by atoms with Gasteiger partial charge in [0.15, 0.2) is 11.6 Å². The molecule has 56 heavy (non-hydrogen) atoms. The topological polar surface area (TPSA) is 48.5 Å². The highest BCUT2D eigenvalue weighted by atomic mass is 15.2. The molecule has 0 bridgehead atoms. The lowest BCUT2D eigenvalue weighted by atomic mass is 9.99. The van der Waals surface area contributed by atoms with Gasteiger partial charge in [0.1, 0.15) is 0 Å². The Morgan fingerprint density at radius 1 is 0.357 bits per heavy atom. The Balaban J connectivity index is 1.33. The average Bonchev–Trinajstić information content (AvgIpc) is 3.89. The molecule has 0 saturated carbocycles. The van der Waals surface area contributed by atoms with Crippen LogP contribution in [0.25, 0.3) is 100 Å². The molecule has 11 aromatic rings. The van der Waals surface area contributed by atoms with Crippen LogP contribution in [0.4, 0.5) is 0 Å². The summed E-state index contributed by atoms with van der Waals surface area (Å²) in [6.07, 6.45) is 0. The van der Waals surface area contributed by atoms with Crippen molar-refractivity contribution in [1.29, 1.82) is 0 Å². The molecule has 5 nitrogen and oxygen atoms in total. The Kier molecular flexibility index (Phi) is 5.74. The second kappa shape index (κ2) is 13.0. The zero-order valence-electron chi connectivity index (χ0n) is 37.7. The molecule has 262 valence electrons. The lowest BCUT2D eigenvalue weighted by molar-refractivity contribution is 0.953. The van der Waals surface area contributed by atoms with Gasteiger partial charge in [0.25, 0.3) is 0 Å². The van der Waals surface area contributed by atoms with Gasteiger partial charge in [0.05, 0.1) is 33.0 Å². The molecule has 3 aromatic heterocycles. The summed E-state index contributed by atoms with van der Waals surface area (Å²) in [5, 5.41) is 0.496. The number of rotatable bonds is 6. The number of fused-ring (bicyclic) bond motifs is 7. The van der Waals surface area contributed by atoms with Crippen molar-refractivity contribution in [2.45, 2.75) is 0 Å². The molecule has 0 atom stereocenters. The van der Waals surface area contributed by atoms with Crippen molar-refractivity contribution in [3.05, 3.63) is 200 Å². The van der Waals surface area contributed by atoms with Crippen molar-refractivity contribution in [3.63, 3.8) is 0 Å². The molecular formula is C51H33N5. The van der Waals surface area contributed by atoms with Crippen molar-refractivity contribution in [3.8, 4) is 56.7 Å². The highest BCUT2D eigenvalue weighted by Gasteiger charge is 2.23. The second-order valence-corrected chi connectivity index (χ2v) is 13.4. The van der Waals surface area contributed by atoms with Crippen LogP contribution in [-0.4, -0.2) is 24.1 Å².